The average Bonchev–Trinajstić information content (AvgIpc) is 3.53. The highest BCUT2D eigenvalue weighted by molar-refractivity contribution is 7.80. The molecule has 1 N–H and O–H groups in total. The molecule has 0 aromatic carbocycles. The van der Waals surface area contributed by atoms with Gasteiger partial charge >= 0.3 is 0 Å². The second-order valence-electron chi connectivity index (χ2n) is 7.89. The first kappa shape index (κ1) is 19.7. The second kappa shape index (κ2) is 8.09. The Hall–Kier alpha value is -2.29. The van der Waals surface area contributed by atoms with Crippen LogP contribution in [0.4, 0.5) is 0 Å². The SMILES string of the molecule is Cc1cc(C2C(c3ccccn3)NC(=S)N2CC2CCCO2)c(C)n1-c1nccs1. The van der Waals surface area contributed by atoms with Crippen LogP contribution in [-0.2, 0) is 4.74 Å². The smallest absolute Gasteiger partial charge is 0.193 e. The minimum Gasteiger partial charge on any atom is -0.376 e. The Kier molecular flexibility index (Phi) is 5.30. The molecule has 6 nitrogen and oxygen atoms in total. The molecule has 3 aromatic heterocycles. The number of thiocarbonyl (C=S) groups is 1. The molecule has 0 spiro atoms. The lowest BCUT2D eigenvalue weighted by molar-refractivity contribution is 0.0842. The van der Waals surface area contributed by atoms with E-state index in [0.29, 0.717) is 0 Å². The molecule has 2 saturated heterocycles. The van der Waals surface area contributed by atoms with Crippen LogP contribution in [0.3, 0.4) is 0 Å². The molecular weight excluding hydrogens is 414 g/mol. The number of nitrogens with zero attached hydrogens (tertiary/aromatic N) is 4. The number of nitrogens with one attached hydrogen (secondary N) is 1. The molecule has 156 valence electrons. The van der Waals surface area contributed by atoms with Crippen molar-refractivity contribution in [3.05, 3.63) is 64.7 Å². The van der Waals surface area contributed by atoms with Gasteiger partial charge in [-0.2, -0.15) is 0 Å². The third kappa shape index (κ3) is 3.42. The van der Waals surface area contributed by atoms with Gasteiger partial charge in [0.2, 0.25) is 0 Å². The third-order valence-corrected chi connectivity index (χ3v) is 7.13. The Morgan fingerprint density at radius 2 is 2.17 bits per heavy atom. The highest BCUT2D eigenvalue weighted by Crippen LogP contribution is 2.42. The highest BCUT2D eigenvalue weighted by Gasteiger charge is 2.42. The van der Waals surface area contributed by atoms with Crippen LogP contribution >= 0.6 is 23.6 Å². The Balaban J connectivity index is 1.58. The van der Waals surface area contributed by atoms with Crippen LogP contribution in [0.1, 0.15) is 47.6 Å². The van der Waals surface area contributed by atoms with Gasteiger partial charge in [0.15, 0.2) is 10.2 Å². The van der Waals surface area contributed by atoms with E-state index in [1.54, 1.807) is 11.3 Å². The molecule has 3 aromatic rings. The van der Waals surface area contributed by atoms with Gasteiger partial charge in [-0.1, -0.05) is 6.07 Å². The van der Waals surface area contributed by atoms with Crippen molar-refractivity contribution >= 4 is 28.7 Å². The van der Waals surface area contributed by atoms with E-state index >= 15 is 0 Å². The van der Waals surface area contributed by atoms with Crippen molar-refractivity contribution in [3.63, 3.8) is 0 Å². The van der Waals surface area contributed by atoms with E-state index in [-0.39, 0.29) is 18.2 Å². The summed E-state index contributed by atoms with van der Waals surface area (Å²) >= 11 is 7.46. The summed E-state index contributed by atoms with van der Waals surface area (Å²) in [4.78, 5) is 11.5. The molecule has 0 saturated carbocycles. The molecule has 3 atom stereocenters. The largest absolute Gasteiger partial charge is 0.376 e. The molecule has 8 heteroatoms. The van der Waals surface area contributed by atoms with Gasteiger partial charge in [0.25, 0.3) is 0 Å². The van der Waals surface area contributed by atoms with Crippen molar-refractivity contribution in [1.29, 1.82) is 0 Å². The molecule has 30 heavy (non-hydrogen) atoms. The predicted molar refractivity (Wildman–Crippen MR) is 122 cm³/mol. The first-order valence-corrected chi connectivity index (χ1v) is 11.6. The first-order valence-electron chi connectivity index (χ1n) is 10.3. The van der Waals surface area contributed by atoms with E-state index in [1.165, 1.54) is 17.0 Å². The van der Waals surface area contributed by atoms with Crippen molar-refractivity contribution in [2.24, 2.45) is 0 Å². The number of ether oxygens (including phenoxy) is 1. The molecule has 2 aliphatic heterocycles. The van der Waals surface area contributed by atoms with Gasteiger partial charge in [0.1, 0.15) is 0 Å². The molecule has 0 radical (unpaired) electrons. The van der Waals surface area contributed by atoms with E-state index in [1.807, 2.05) is 29.9 Å². The number of thiazole rings is 1. The quantitative estimate of drug-likeness (QED) is 0.604. The van der Waals surface area contributed by atoms with Crippen molar-refractivity contribution in [3.8, 4) is 5.13 Å². The van der Waals surface area contributed by atoms with E-state index in [9.17, 15) is 0 Å². The zero-order chi connectivity index (χ0) is 20.7. The van der Waals surface area contributed by atoms with Gasteiger partial charge < -0.3 is 15.0 Å². The Labute approximate surface area is 185 Å². The Bertz CT molecular complexity index is 1030. The summed E-state index contributed by atoms with van der Waals surface area (Å²) in [6.07, 6.45) is 6.12. The van der Waals surface area contributed by atoms with E-state index in [4.69, 9.17) is 17.0 Å². The molecule has 2 aliphatic rings. The number of aryl methyl sites for hydroxylation is 1. The predicted octanol–water partition coefficient (Wildman–Crippen LogP) is 4.10. The van der Waals surface area contributed by atoms with E-state index in [0.717, 1.165) is 41.9 Å². The van der Waals surface area contributed by atoms with Crippen LogP contribution in [-0.4, -0.2) is 43.8 Å². The molecule has 5 heterocycles. The lowest BCUT2D eigenvalue weighted by Gasteiger charge is -2.30. The number of rotatable bonds is 5. The van der Waals surface area contributed by atoms with Gasteiger partial charge in [-0.25, -0.2) is 4.98 Å². The fraction of sp³-hybridized carbons (Fsp3) is 0.409. The molecule has 0 aliphatic carbocycles. The molecular formula is C22H25N5OS2. The lowest BCUT2D eigenvalue weighted by atomic mass is 9.96. The number of aromatic nitrogens is 3. The van der Waals surface area contributed by atoms with Gasteiger partial charge in [-0.3, -0.25) is 9.55 Å². The standard InChI is InChI=1S/C22H25N5OS2/c1-14-12-17(15(2)27(14)22-24-9-11-30-22)20-19(18-7-3-4-8-23-18)25-21(29)26(20)13-16-6-5-10-28-16/h3-4,7-9,11-12,16,19-20H,5-6,10,13H2,1-2H3,(H,25,29). The van der Waals surface area contributed by atoms with Crippen LogP contribution in [0.2, 0.25) is 0 Å². The topological polar surface area (TPSA) is 55.2 Å². The summed E-state index contributed by atoms with van der Waals surface area (Å²) in [6.45, 7) is 5.94. The molecule has 0 amide bonds. The number of pyridine rings is 1. The van der Waals surface area contributed by atoms with Crippen LogP contribution in [0.5, 0.6) is 0 Å². The van der Waals surface area contributed by atoms with Crippen molar-refractivity contribution in [2.45, 2.75) is 44.9 Å². The average molecular weight is 440 g/mol. The Morgan fingerprint density at radius 3 is 2.87 bits per heavy atom. The maximum Gasteiger partial charge on any atom is 0.193 e. The van der Waals surface area contributed by atoms with Crippen LogP contribution in [0.15, 0.2) is 42.0 Å². The number of hydrogen-bond acceptors (Lipinski definition) is 5. The van der Waals surface area contributed by atoms with Gasteiger partial charge in [0.05, 0.1) is 23.9 Å². The van der Waals surface area contributed by atoms with Crippen LogP contribution in [0, 0.1) is 13.8 Å². The molecule has 2 fully saturated rings. The van der Waals surface area contributed by atoms with Gasteiger partial charge in [-0.15, -0.1) is 11.3 Å². The van der Waals surface area contributed by atoms with Crippen LogP contribution < -0.4 is 5.32 Å². The third-order valence-electron chi connectivity index (χ3n) is 6.02. The van der Waals surface area contributed by atoms with E-state index in [2.05, 4.69) is 50.7 Å². The normalized spacial score (nSPS) is 23.9. The van der Waals surface area contributed by atoms with Crippen molar-refractivity contribution < 1.29 is 4.74 Å². The fourth-order valence-corrected chi connectivity index (χ4v) is 5.72. The summed E-state index contributed by atoms with van der Waals surface area (Å²) in [5.74, 6) is 0. The monoisotopic (exact) mass is 439 g/mol. The zero-order valence-corrected chi connectivity index (χ0v) is 18.7. The minimum atomic E-state index is -0.00894. The maximum absolute atomic E-state index is 5.95. The highest BCUT2D eigenvalue weighted by atomic mass is 32.1. The molecule has 5 rings (SSSR count). The van der Waals surface area contributed by atoms with Crippen molar-refractivity contribution in [2.75, 3.05) is 13.2 Å². The minimum absolute atomic E-state index is 0.00894. The lowest BCUT2D eigenvalue weighted by Crippen LogP contribution is -2.36. The fourth-order valence-electron chi connectivity index (χ4n) is 4.66. The summed E-state index contributed by atoms with van der Waals surface area (Å²) in [6, 6.07) is 8.37. The van der Waals surface area contributed by atoms with Crippen molar-refractivity contribution in [1.82, 2.24) is 24.8 Å². The Morgan fingerprint density at radius 1 is 1.27 bits per heavy atom. The molecule has 0 bridgehead atoms. The van der Waals surface area contributed by atoms with Gasteiger partial charge in [-0.05, 0) is 62.7 Å². The summed E-state index contributed by atoms with van der Waals surface area (Å²) in [7, 11) is 0. The number of hydrogen-bond donors (Lipinski definition) is 1. The summed E-state index contributed by atoms with van der Waals surface area (Å²) < 4.78 is 8.19. The maximum atomic E-state index is 5.95. The zero-order valence-electron chi connectivity index (χ0n) is 17.1. The van der Waals surface area contributed by atoms with Crippen LogP contribution in [0.25, 0.3) is 5.13 Å². The summed E-state index contributed by atoms with van der Waals surface area (Å²) in [5.41, 5.74) is 4.62. The second-order valence-corrected chi connectivity index (χ2v) is 9.15. The van der Waals surface area contributed by atoms with E-state index < -0.39 is 0 Å². The summed E-state index contributed by atoms with van der Waals surface area (Å²) in [5, 5.41) is 7.32. The molecule has 3 unspecified atom stereocenters. The first-order chi connectivity index (χ1) is 14.6. The van der Waals surface area contributed by atoms with Gasteiger partial charge in [0, 0.05) is 42.3 Å².